The van der Waals surface area contributed by atoms with E-state index in [4.69, 9.17) is 0 Å². The molecule has 1 aliphatic carbocycles. The molecule has 446 valence electrons. The average Bonchev–Trinajstić information content (AvgIpc) is 3.44. The highest BCUT2D eigenvalue weighted by atomic mass is 16.2. The number of hydrogen-bond donors (Lipinski definition) is 6. The lowest BCUT2D eigenvalue weighted by Gasteiger charge is -2.44. The number of nitrogens with zero attached hydrogens (tertiary/aromatic N) is 3. The second kappa shape index (κ2) is 26.9. The lowest BCUT2D eigenvalue weighted by molar-refractivity contribution is -0.152. The Kier molecular flexibility index (Phi) is 20.0. The molecule has 6 N–H and O–H groups in total. The van der Waals surface area contributed by atoms with Crippen LogP contribution in [-0.2, 0) is 54.7 Å². The van der Waals surface area contributed by atoms with Gasteiger partial charge in [-0.05, 0) is 122 Å². The smallest absolute Gasteiger partial charge is 0.251 e. The number of rotatable bonds is 19. The molecule has 16 heteroatoms. The van der Waals surface area contributed by atoms with Crippen molar-refractivity contribution < 1.29 is 33.6 Å². The van der Waals surface area contributed by atoms with Crippen molar-refractivity contribution in [2.24, 2.45) is 10.8 Å². The van der Waals surface area contributed by atoms with Gasteiger partial charge in [-0.3, -0.25) is 33.6 Å². The van der Waals surface area contributed by atoms with Crippen molar-refractivity contribution in [1.29, 1.82) is 0 Å². The summed E-state index contributed by atoms with van der Waals surface area (Å²) in [7, 11) is 3.36. The molecule has 0 unspecified atom stereocenters. The van der Waals surface area contributed by atoms with Gasteiger partial charge in [0.1, 0.15) is 24.2 Å². The van der Waals surface area contributed by atoms with Gasteiger partial charge in [-0.15, -0.1) is 0 Å². The third kappa shape index (κ3) is 14.4. The summed E-state index contributed by atoms with van der Waals surface area (Å²) in [6, 6.07) is 36.9. The van der Waals surface area contributed by atoms with Gasteiger partial charge < -0.3 is 46.6 Å². The summed E-state index contributed by atoms with van der Waals surface area (Å²) in [4.78, 5) is 107. The zero-order valence-electron chi connectivity index (χ0n) is 50.8. The largest absolute Gasteiger partial charge is 0.347 e. The van der Waals surface area contributed by atoms with E-state index in [-0.39, 0.29) is 74.0 Å². The van der Waals surface area contributed by atoms with Crippen LogP contribution in [0.25, 0.3) is 0 Å². The average molecular weight is 1140 g/mol. The van der Waals surface area contributed by atoms with Crippen molar-refractivity contribution in [2.45, 2.75) is 168 Å². The van der Waals surface area contributed by atoms with E-state index >= 15 is 9.59 Å². The molecule has 0 radical (unpaired) electrons. The number of likely N-dealkylation sites (tertiary alicyclic amines) is 1. The minimum Gasteiger partial charge on any atom is -0.347 e. The van der Waals surface area contributed by atoms with Crippen molar-refractivity contribution in [3.8, 4) is 0 Å². The van der Waals surface area contributed by atoms with E-state index in [0.717, 1.165) is 52.6 Å². The highest BCUT2D eigenvalue weighted by Crippen LogP contribution is 2.36. The summed E-state index contributed by atoms with van der Waals surface area (Å²) in [5.74, 6) is -2.72. The predicted molar refractivity (Wildman–Crippen MR) is 327 cm³/mol. The fourth-order valence-corrected chi connectivity index (χ4v) is 12.1. The molecule has 84 heavy (non-hydrogen) atoms. The van der Waals surface area contributed by atoms with Crippen LogP contribution in [0.2, 0.25) is 0 Å². The summed E-state index contributed by atoms with van der Waals surface area (Å²) < 4.78 is 0. The first kappa shape index (κ1) is 62.4. The maximum Gasteiger partial charge on any atom is 0.251 e. The number of carbonyl (C=O) groups is 7. The standard InChI is InChI=1S/C68H87N9O7/c1-42(69-10)60(78)73-58(67(4,5)6)65(83)76-40-51-29-19-18-28-50(51)37-56(76)64(82)75(44(3)57(47-24-14-12-15-25-47)48-26-16-13-17-27-48)39-45-33-35-49(36-34-45)62(80)71-52-38-55(63(81)72-54-32-22-30-46-23-20-21-31-53(46)54)77(41-52)66(84)59(68(7,8)9)74-61(79)43(2)70-11/h12-21,23-29,31,33-36,42-44,52,54-59,69-70H,22,30,32,37-41H2,1-11H3,(H,71,80)(H,72,81)(H,73,78)(H,74,79)/t42-,43-,44+,52-,54+,55-,56-,58+,59+/m0/s1. The van der Waals surface area contributed by atoms with Gasteiger partial charge in [0, 0.05) is 49.6 Å². The molecule has 5 aromatic carbocycles. The van der Waals surface area contributed by atoms with Crippen molar-refractivity contribution in [2.75, 3.05) is 20.6 Å². The number of hydrogen-bond acceptors (Lipinski definition) is 9. The van der Waals surface area contributed by atoms with Crippen LogP contribution in [0, 0.1) is 10.8 Å². The number of amides is 7. The first-order valence-electron chi connectivity index (χ1n) is 29.8. The summed E-state index contributed by atoms with van der Waals surface area (Å²) in [6.45, 7) is 17.2. The van der Waals surface area contributed by atoms with E-state index in [1.165, 1.54) is 10.5 Å². The molecule has 7 amide bonds. The van der Waals surface area contributed by atoms with Gasteiger partial charge in [-0.1, -0.05) is 163 Å². The normalized spacial score (nSPS) is 19.6. The molecule has 0 saturated carbocycles. The molecule has 1 saturated heterocycles. The van der Waals surface area contributed by atoms with Crippen LogP contribution in [0.15, 0.2) is 133 Å². The van der Waals surface area contributed by atoms with Gasteiger partial charge in [-0.25, -0.2) is 0 Å². The molecule has 3 aliphatic rings. The molecular weight excluding hydrogens is 1050 g/mol. The Morgan fingerprint density at radius 2 is 1.11 bits per heavy atom. The van der Waals surface area contributed by atoms with Crippen LogP contribution in [0.1, 0.15) is 143 Å². The van der Waals surface area contributed by atoms with E-state index in [1.807, 2.05) is 144 Å². The second-order valence-electron chi connectivity index (χ2n) is 25.4. The van der Waals surface area contributed by atoms with Crippen molar-refractivity contribution in [3.05, 3.63) is 178 Å². The fraction of sp³-hybridized carbons (Fsp3) is 0.456. The second-order valence-corrected chi connectivity index (χ2v) is 25.4. The zero-order chi connectivity index (χ0) is 60.6. The highest BCUT2D eigenvalue weighted by molar-refractivity contribution is 5.97. The molecule has 8 rings (SSSR count). The molecule has 9 atom stereocenters. The lowest BCUT2D eigenvalue weighted by atomic mass is 9.83. The van der Waals surface area contributed by atoms with Crippen molar-refractivity contribution in [3.63, 3.8) is 0 Å². The van der Waals surface area contributed by atoms with Gasteiger partial charge in [-0.2, -0.15) is 0 Å². The molecule has 5 aromatic rings. The first-order chi connectivity index (χ1) is 40.0. The van der Waals surface area contributed by atoms with Crippen molar-refractivity contribution >= 4 is 41.4 Å². The molecule has 2 heterocycles. The minimum absolute atomic E-state index is 0.0358. The van der Waals surface area contributed by atoms with Gasteiger partial charge in [0.2, 0.25) is 35.4 Å². The molecule has 2 aliphatic heterocycles. The Bertz CT molecular complexity index is 3100. The summed E-state index contributed by atoms with van der Waals surface area (Å²) >= 11 is 0. The third-order valence-corrected chi connectivity index (χ3v) is 17.3. The molecule has 0 spiro atoms. The molecular formula is C68H87N9O7. The first-order valence-corrected chi connectivity index (χ1v) is 29.8. The minimum atomic E-state index is -0.976. The molecule has 0 bridgehead atoms. The fourth-order valence-electron chi connectivity index (χ4n) is 12.1. The summed E-state index contributed by atoms with van der Waals surface area (Å²) in [6.07, 6.45) is 2.96. The molecule has 1 fully saturated rings. The Morgan fingerprint density at radius 3 is 1.65 bits per heavy atom. The Labute approximate surface area is 496 Å². The Balaban J connectivity index is 1.10. The number of benzene rings is 5. The lowest BCUT2D eigenvalue weighted by Crippen LogP contribution is -2.62. The monoisotopic (exact) mass is 1140 g/mol. The molecule has 0 aromatic heterocycles. The van der Waals surface area contributed by atoms with Crippen LogP contribution in [-0.4, -0.2) is 125 Å². The quantitative estimate of drug-likeness (QED) is 0.0489. The summed E-state index contributed by atoms with van der Waals surface area (Å²) in [5.41, 5.74) is 5.76. The van der Waals surface area contributed by atoms with Crippen molar-refractivity contribution in [1.82, 2.24) is 46.6 Å². The SMILES string of the molecule is CN[C@@H](C)C(=O)N[C@H](C(=O)N1C[C@@H](NC(=O)c2ccc(CN(C(=O)[C@@H]3Cc4ccccc4CN3C(=O)[C@@H](NC(=O)[C@H](C)NC)C(C)(C)C)[C@H](C)C(c3ccccc3)c3ccccc3)cc2)C[C@H]1C(=O)N[C@@H]1CCCc2ccccc21)C(C)(C)C. The maximum atomic E-state index is 16.1. The van der Waals surface area contributed by atoms with Gasteiger partial charge in [0.15, 0.2) is 0 Å². The van der Waals surface area contributed by atoms with Crippen LogP contribution >= 0.6 is 0 Å². The predicted octanol–water partition coefficient (Wildman–Crippen LogP) is 7.36. The highest BCUT2D eigenvalue weighted by Gasteiger charge is 2.48. The molecule has 16 nitrogen and oxygen atoms in total. The van der Waals surface area contributed by atoms with Crippen LogP contribution in [0.3, 0.4) is 0 Å². The van der Waals surface area contributed by atoms with Gasteiger partial charge in [0.05, 0.1) is 18.1 Å². The van der Waals surface area contributed by atoms with E-state index in [2.05, 4.69) is 62.2 Å². The number of nitrogens with one attached hydrogen (secondary N) is 6. The number of carbonyl (C=O) groups excluding carboxylic acids is 7. The van der Waals surface area contributed by atoms with Crippen LogP contribution < -0.4 is 31.9 Å². The van der Waals surface area contributed by atoms with E-state index in [1.54, 1.807) is 45.0 Å². The van der Waals surface area contributed by atoms with E-state index < -0.39 is 71.0 Å². The topological polar surface area (TPSA) is 201 Å². The van der Waals surface area contributed by atoms with Crippen LogP contribution in [0.4, 0.5) is 0 Å². The van der Waals surface area contributed by atoms with Gasteiger partial charge >= 0.3 is 0 Å². The van der Waals surface area contributed by atoms with Crippen LogP contribution in [0.5, 0.6) is 0 Å². The van der Waals surface area contributed by atoms with Gasteiger partial charge in [0.25, 0.3) is 5.91 Å². The Hall–Kier alpha value is -7.69. The number of aryl methyl sites for hydroxylation is 1. The van der Waals surface area contributed by atoms with E-state index in [9.17, 15) is 24.0 Å². The maximum absolute atomic E-state index is 16.1. The summed E-state index contributed by atoms with van der Waals surface area (Å²) in [5, 5.41) is 18.3. The Morgan fingerprint density at radius 1 is 0.595 bits per heavy atom. The number of likely N-dealkylation sites (N-methyl/N-ethyl adjacent to an activating group) is 2. The van der Waals surface area contributed by atoms with E-state index in [0.29, 0.717) is 5.56 Å². The third-order valence-electron chi connectivity index (χ3n) is 17.3. The zero-order valence-corrected chi connectivity index (χ0v) is 50.8. The number of fused-ring (bicyclic) bond motifs is 2.